The van der Waals surface area contributed by atoms with Crippen LogP contribution in [0.5, 0.6) is 0 Å². The van der Waals surface area contributed by atoms with Gasteiger partial charge in [-0.3, -0.25) is 4.79 Å². The Morgan fingerprint density at radius 1 is 1.12 bits per heavy atom. The summed E-state index contributed by atoms with van der Waals surface area (Å²) in [4.78, 5) is 26.7. The van der Waals surface area contributed by atoms with Crippen LogP contribution in [0.2, 0.25) is 0 Å². The fourth-order valence-corrected chi connectivity index (χ4v) is 3.36. The summed E-state index contributed by atoms with van der Waals surface area (Å²) in [5, 5.41) is 0.895. The summed E-state index contributed by atoms with van der Waals surface area (Å²) in [6.07, 6.45) is 1.53. The summed E-state index contributed by atoms with van der Waals surface area (Å²) in [7, 11) is 1.36. The van der Waals surface area contributed by atoms with Gasteiger partial charge in [0.25, 0.3) is 5.91 Å². The highest BCUT2D eigenvalue weighted by atomic mass is 16.5. The van der Waals surface area contributed by atoms with Gasteiger partial charge in [0.2, 0.25) is 0 Å². The fraction of sp³-hybridized carbons (Fsp3) is 0.200. The maximum absolute atomic E-state index is 13.0. The number of hydrogen-bond acceptors (Lipinski definition) is 4. The van der Waals surface area contributed by atoms with E-state index in [4.69, 9.17) is 9.15 Å². The number of hydrogen-bond donors (Lipinski definition) is 0. The van der Waals surface area contributed by atoms with Gasteiger partial charge >= 0.3 is 5.97 Å². The van der Waals surface area contributed by atoms with E-state index in [1.54, 1.807) is 23.1 Å². The van der Waals surface area contributed by atoms with Crippen molar-refractivity contribution in [2.24, 2.45) is 0 Å². The standard InChI is InChI=1S/C20H17NO4/c1-24-20(23)15-7-4-9-16-14(15)8-5-11-21(16)19(22)18-12-13-6-2-3-10-17(13)25-18/h2-4,6-7,9-10,12H,5,8,11H2,1H3. The molecule has 0 spiro atoms. The monoisotopic (exact) mass is 335 g/mol. The van der Waals surface area contributed by atoms with Crippen molar-refractivity contribution in [3.05, 3.63) is 65.4 Å². The molecule has 1 aliphatic rings. The van der Waals surface area contributed by atoms with Crippen LogP contribution in [-0.2, 0) is 11.2 Å². The van der Waals surface area contributed by atoms with E-state index in [1.165, 1.54) is 7.11 Å². The first-order valence-electron chi connectivity index (χ1n) is 8.19. The third-order valence-corrected chi connectivity index (χ3v) is 4.54. The maximum atomic E-state index is 13.0. The summed E-state index contributed by atoms with van der Waals surface area (Å²) in [6.45, 7) is 0.591. The molecule has 0 unspecified atom stereocenters. The van der Waals surface area contributed by atoms with Crippen LogP contribution in [0.4, 0.5) is 5.69 Å². The number of rotatable bonds is 2. The van der Waals surface area contributed by atoms with E-state index >= 15 is 0 Å². The number of benzene rings is 2. The highest BCUT2D eigenvalue weighted by molar-refractivity contribution is 6.07. The van der Waals surface area contributed by atoms with Gasteiger partial charge in [0, 0.05) is 17.6 Å². The topological polar surface area (TPSA) is 59.8 Å². The predicted octanol–water partition coefficient (Wildman–Crippen LogP) is 3.81. The third kappa shape index (κ3) is 2.58. The molecule has 0 radical (unpaired) electrons. The number of ether oxygens (including phenoxy) is 1. The van der Waals surface area contributed by atoms with Crippen LogP contribution in [0.3, 0.4) is 0 Å². The SMILES string of the molecule is COC(=O)c1cccc2c1CCCN2C(=O)c1cc2ccccc2o1. The van der Waals surface area contributed by atoms with Gasteiger partial charge in [0.15, 0.2) is 5.76 Å². The molecule has 0 saturated heterocycles. The highest BCUT2D eigenvalue weighted by Gasteiger charge is 2.28. The Balaban J connectivity index is 1.75. The van der Waals surface area contributed by atoms with Gasteiger partial charge in [-0.25, -0.2) is 4.79 Å². The lowest BCUT2D eigenvalue weighted by atomic mass is 9.96. The second-order valence-electron chi connectivity index (χ2n) is 6.00. The molecule has 1 aromatic heterocycles. The number of fused-ring (bicyclic) bond motifs is 2. The Hall–Kier alpha value is -3.08. The van der Waals surface area contributed by atoms with E-state index < -0.39 is 0 Å². The number of amides is 1. The molecule has 0 N–H and O–H groups in total. The van der Waals surface area contributed by atoms with Crippen LogP contribution in [-0.4, -0.2) is 25.5 Å². The summed E-state index contributed by atoms with van der Waals surface area (Å²) in [5.41, 5.74) is 2.80. The van der Waals surface area contributed by atoms with Crippen LogP contribution in [0, 0.1) is 0 Å². The molecule has 0 saturated carbocycles. The zero-order valence-electron chi connectivity index (χ0n) is 13.8. The molecule has 1 amide bonds. The average Bonchev–Trinajstić information content (AvgIpc) is 3.10. The van der Waals surface area contributed by atoms with E-state index in [0.717, 1.165) is 29.5 Å². The number of anilines is 1. The molecular formula is C20H17NO4. The Kier molecular flexibility index (Phi) is 3.76. The van der Waals surface area contributed by atoms with Crippen LogP contribution < -0.4 is 4.90 Å². The zero-order chi connectivity index (χ0) is 17.4. The van der Waals surface area contributed by atoms with Gasteiger partial charge in [-0.15, -0.1) is 0 Å². The lowest BCUT2D eigenvalue weighted by Gasteiger charge is -2.29. The number of esters is 1. The highest BCUT2D eigenvalue weighted by Crippen LogP contribution is 2.32. The first kappa shape index (κ1) is 15.4. The molecule has 2 heterocycles. The quantitative estimate of drug-likeness (QED) is 0.668. The lowest BCUT2D eigenvalue weighted by molar-refractivity contribution is 0.0599. The van der Waals surface area contributed by atoms with E-state index in [0.29, 0.717) is 23.5 Å². The molecule has 126 valence electrons. The van der Waals surface area contributed by atoms with E-state index in [1.807, 2.05) is 30.3 Å². The van der Waals surface area contributed by atoms with Crippen molar-refractivity contribution in [1.82, 2.24) is 0 Å². The number of carbonyl (C=O) groups excluding carboxylic acids is 2. The van der Waals surface area contributed by atoms with Gasteiger partial charge in [0.05, 0.1) is 12.7 Å². The second-order valence-corrected chi connectivity index (χ2v) is 6.00. The van der Waals surface area contributed by atoms with Gasteiger partial charge in [-0.1, -0.05) is 24.3 Å². The van der Waals surface area contributed by atoms with E-state index in [9.17, 15) is 9.59 Å². The van der Waals surface area contributed by atoms with Crippen molar-refractivity contribution in [3.63, 3.8) is 0 Å². The summed E-state index contributed by atoms with van der Waals surface area (Å²) in [6, 6.07) is 14.7. The van der Waals surface area contributed by atoms with Crippen molar-refractivity contribution in [2.45, 2.75) is 12.8 Å². The third-order valence-electron chi connectivity index (χ3n) is 4.54. The van der Waals surface area contributed by atoms with Crippen molar-refractivity contribution in [2.75, 3.05) is 18.6 Å². The first-order valence-corrected chi connectivity index (χ1v) is 8.19. The number of carbonyl (C=O) groups is 2. The smallest absolute Gasteiger partial charge is 0.338 e. The molecular weight excluding hydrogens is 318 g/mol. The number of furan rings is 1. The second kappa shape index (κ2) is 6.09. The van der Waals surface area contributed by atoms with Gasteiger partial charge < -0.3 is 14.1 Å². The minimum Gasteiger partial charge on any atom is -0.465 e. The predicted molar refractivity (Wildman–Crippen MR) is 94.0 cm³/mol. The summed E-state index contributed by atoms with van der Waals surface area (Å²) in [5.74, 6) is -0.272. The van der Waals surface area contributed by atoms with Crippen LogP contribution >= 0.6 is 0 Å². The fourth-order valence-electron chi connectivity index (χ4n) is 3.36. The summed E-state index contributed by atoms with van der Waals surface area (Å²) >= 11 is 0. The van der Waals surface area contributed by atoms with E-state index in [2.05, 4.69) is 0 Å². The maximum Gasteiger partial charge on any atom is 0.338 e. The molecule has 0 aliphatic carbocycles. The van der Waals surface area contributed by atoms with Crippen LogP contribution in [0.1, 0.15) is 32.9 Å². The first-order chi connectivity index (χ1) is 12.2. The molecule has 0 fully saturated rings. The van der Waals surface area contributed by atoms with Crippen molar-refractivity contribution in [3.8, 4) is 0 Å². The molecule has 0 atom stereocenters. The van der Waals surface area contributed by atoms with E-state index in [-0.39, 0.29) is 11.9 Å². The molecule has 25 heavy (non-hydrogen) atoms. The van der Waals surface area contributed by atoms with Crippen LogP contribution in [0.15, 0.2) is 52.9 Å². The normalized spacial score (nSPS) is 13.6. The molecule has 4 rings (SSSR count). The molecule has 0 bridgehead atoms. The Morgan fingerprint density at radius 3 is 2.76 bits per heavy atom. The van der Waals surface area contributed by atoms with Gasteiger partial charge in [-0.2, -0.15) is 0 Å². The molecule has 1 aliphatic heterocycles. The molecule has 3 aromatic rings. The molecule has 5 heteroatoms. The number of para-hydroxylation sites is 1. The van der Waals surface area contributed by atoms with Crippen molar-refractivity contribution >= 4 is 28.5 Å². The molecule has 2 aromatic carbocycles. The Bertz CT molecular complexity index is 940. The Labute approximate surface area is 144 Å². The average molecular weight is 335 g/mol. The lowest BCUT2D eigenvalue weighted by Crippen LogP contribution is -2.36. The van der Waals surface area contributed by atoms with Gasteiger partial charge in [0.1, 0.15) is 5.58 Å². The minimum atomic E-state index is -0.380. The van der Waals surface area contributed by atoms with Crippen molar-refractivity contribution in [1.29, 1.82) is 0 Å². The largest absolute Gasteiger partial charge is 0.465 e. The summed E-state index contributed by atoms with van der Waals surface area (Å²) < 4.78 is 10.6. The zero-order valence-corrected chi connectivity index (χ0v) is 13.8. The van der Waals surface area contributed by atoms with Gasteiger partial charge in [-0.05, 0) is 42.7 Å². The number of methoxy groups -OCH3 is 1. The Morgan fingerprint density at radius 2 is 1.96 bits per heavy atom. The van der Waals surface area contributed by atoms with Crippen molar-refractivity contribution < 1.29 is 18.7 Å². The molecule has 5 nitrogen and oxygen atoms in total. The number of nitrogens with zero attached hydrogens (tertiary/aromatic N) is 1. The minimum absolute atomic E-state index is 0.195. The van der Waals surface area contributed by atoms with Crippen LogP contribution in [0.25, 0.3) is 11.0 Å².